The molecule has 8 heteroatoms. The fourth-order valence-electron chi connectivity index (χ4n) is 6.18. The van der Waals surface area contributed by atoms with Crippen LogP contribution in [-0.2, 0) is 0 Å². The van der Waals surface area contributed by atoms with E-state index in [0.717, 1.165) is 44.3 Å². The molecular formula is C25H52ClN3O4. The molecule has 1 unspecified atom stereocenters. The Morgan fingerprint density at radius 1 is 1.09 bits per heavy atom. The van der Waals surface area contributed by atoms with Gasteiger partial charge in [-0.25, -0.2) is 4.79 Å². The molecule has 33 heavy (non-hydrogen) atoms. The fourth-order valence-corrected chi connectivity index (χ4v) is 6.43. The number of alkyl halides is 1. The molecule has 0 bridgehead atoms. The number of aliphatic hydroxyl groups is 1. The molecule has 4 atom stereocenters. The van der Waals surface area contributed by atoms with E-state index in [1.54, 1.807) is 0 Å². The molecule has 198 valence electrons. The van der Waals surface area contributed by atoms with Gasteiger partial charge >= 0.3 is 6.03 Å². The third kappa shape index (κ3) is 9.17. The molecule has 3 rings (SSSR count). The number of carbonyl (C=O) groups excluding carboxylic acids is 1. The molecule has 0 spiro atoms. The van der Waals surface area contributed by atoms with E-state index >= 15 is 0 Å². The third-order valence-electron chi connectivity index (χ3n) is 7.98. The number of nitrogens with one attached hydrogen (secondary N) is 2. The first-order valence-electron chi connectivity index (χ1n) is 12.3. The fraction of sp³-hybridized carbons (Fsp3) is 0.960. The number of halogens is 1. The molecular weight excluding hydrogens is 442 g/mol. The van der Waals surface area contributed by atoms with Crippen molar-refractivity contribution in [2.45, 2.75) is 110 Å². The molecule has 2 aliphatic carbocycles. The van der Waals surface area contributed by atoms with Gasteiger partial charge < -0.3 is 31.6 Å². The first-order chi connectivity index (χ1) is 14.1. The Hall–Kier alpha value is -0.600. The van der Waals surface area contributed by atoms with Gasteiger partial charge in [-0.1, -0.05) is 35.1 Å². The summed E-state index contributed by atoms with van der Waals surface area (Å²) in [7, 11) is 0. The number of likely N-dealkylation sites (tertiary alicyclic amines) is 1. The Morgan fingerprint density at radius 3 is 2.24 bits per heavy atom. The van der Waals surface area contributed by atoms with Crippen LogP contribution in [-0.4, -0.2) is 70.2 Å². The van der Waals surface area contributed by atoms with E-state index in [0.29, 0.717) is 23.1 Å². The molecule has 7 N–H and O–H groups in total. The van der Waals surface area contributed by atoms with Crippen LogP contribution in [0, 0.1) is 23.2 Å². The molecule has 1 saturated heterocycles. The largest absolute Gasteiger partial charge is 0.412 e. The van der Waals surface area contributed by atoms with Crippen LogP contribution in [0.25, 0.3) is 0 Å². The van der Waals surface area contributed by atoms with E-state index in [-0.39, 0.29) is 42.6 Å². The van der Waals surface area contributed by atoms with Crippen molar-refractivity contribution in [2.75, 3.05) is 19.6 Å². The topological polar surface area (TPSA) is 128 Å². The smallest absolute Gasteiger partial charge is 0.315 e. The molecule has 3 aliphatic rings. The lowest BCUT2D eigenvalue weighted by molar-refractivity contribution is 0.00543. The lowest BCUT2D eigenvalue weighted by atomic mass is 9.64. The average molecular weight is 494 g/mol. The van der Waals surface area contributed by atoms with E-state index < -0.39 is 0 Å². The van der Waals surface area contributed by atoms with Crippen molar-refractivity contribution in [2.24, 2.45) is 23.2 Å². The summed E-state index contributed by atoms with van der Waals surface area (Å²) >= 11 is 6.34. The second-order valence-electron chi connectivity index (χ2n) is 11.3. The second kappa shape index (κ2) is 14.1. The number of piperidine rings is 1. The summed E-state index contributed by atoms with van der Waals surface area (Å²) in [4.78, 5) is 15.1. The minimum atomic E-state index is -0.265. The minimum Gasteiger partial charge on any atom is -0.412 e. The molecule has 0 aromatic heterocycles. The van der Waals surface area contributed by atoms with Crippen LogP contribution in [0.15, 0.2) is 0 Å². The molecule has 1 heterocycles. The predicted octanol–water partition coefficient (Wildman–Crippen LogP) is 3.36. The third-order valence-corrected chi connectivity index (χ3v) is 8.41. The number of aliphatic hydroxyl groups excluding tert-OH is 1. The maximum Gasteiger partial charge on any atom is 0.315 e. The Kier molecular flexibility index (Phi) is 13.8. The highest BCUT2D eigenvalue weighted by atomic mass is 35.5. The number of nitrogens with zero attached hydrogens (tertiary/aromatic N) is 1. The molecule has 0 aromatic rings. The van der Waals surface area contributed by atoms with Crippen molar-refractivity contribution in [1.29, 1.82) is 0 Å². The highest BCUT2D eigenvalue weighted by Crippen LogP contribution is 2.45. The van der Waals surface area contributed by atoms with Crippen molar-refractivity contribution in [1.82, 2.24) is 15.5 Å². The van der Waals surface area contributed by atoms with Crippen LogP contribution in [0.4, 0.5) is 4.79 Å². The van der Waals surface area contributed by atoms with E-state index in [1.165, 1.54) is 32.1 Å². The number of carbonyl (C=O) groups is 1. The zero-order valence-electron chi connectivity index (χ0n) is 20.5. The number of amides is 2. The van der Waals surface area contributed by atoms with E-state index in [9.17, 15) is 9.90 Å². The molecule has 3 fully saturated rings. The van der Waals surface area contributed by atoms with E-state index in [4.69, 9.17) is 11.6 Å². The molecule has 0 radical (unpaired) electrons. The zero-order chi connectivity index (χ0) is 21.9. The van der Waals surface area contributed by atoms with Gasteiger partial charge in [0.05, 0.1) is 6.10 Å². The maximum absolute atomic E-state index is 12.5. The molecule has 0 aromatic carbocycles. The summed E-state index contributed by atoms with van der Waals surface area (Å²) in [6.45, 7) is 12.4. The summed E-state index contributed by atoms with van der Waals surface area (Å²) in [6.07, 6.45) is 8.24. The van der Waals surface area contributed by atoms with Crippen molar-refractivity contribution in [3.8, 4) is 0 Å². The van der Waals surface area contributed by atoms with Gasteiger partial charge in [0.15, 0.2) is 0 Å². The number of urea groups is 1. The van der Waals surface area contributed by atoms with Crippen LogP contribution < -0.4 is 10.6 Å². The monoisotopic (exact) mass is 493 g/mol. The summed E-state index contributed by atoms with van der Waals surface area (Å²) in [5.74, 6) is 1.98. The maximum atomic E-state index is 12.5. The lowest BCUT2D eigenvalue weighted by Crippen LogP contribution is -2.55. The van der Waals surface area contributed by atoms with Gasteiger partial charge in [0.1, 0.15) is 0 Å². The molecule has 1 aliphatic heterocycles. The van der Waals surface area contributed by atoms with Gasteiger partial charge in [-0.05, 0) is 81.1 Å². The lowest BCUT2D eigenvalue weighted by Gasteiger charge is -2.49. The van der Waals surface area contributed by atoms with Crippen LogP contribution in [0.5, 0.6) is 0 Å². The van der Waals surface area contributed by atoms with Gasteiger partial charge in [0.2, 0.25) is 0 Å². The summed E-state index contributed by atoms with van der Waals surface area (Å²) in [5, 5.41) is 16.4. The number of hydrogen-bond acceptors (Lipinski definition) is 3. The Morgan fingerprint density at radius 2 is 1.73 bits per heavy atom. The first-order valence-corrected chi connectivity index (χ1v) is 12.7. The normalized spacial score (nSPS) is 32.6. The second-order valence-corrected chi connectivity index (χ2v) is 11.9. The van der Waals surface area contributed by atoms with Gasteiger partial charge in [-0.15, -0.1) is 11.6 Å². The Balaban J connectivity index is 0.00000341. The highest BCUT2D eigenvalue weighted by Gasteiger charge is 2.41. The van der Waals surface area contributed by atoms with Crippen molar-refractivity contribution in [3.63, 3.8) is 0 Å². The van der Waals surface area contributed by atoms with Gasteiger partial charge in [-0.2, -0.15) is 0 Å². The quantitative estimate of drug-likeness (QED) is 0.490. The van der Waals surface area contributed by atoms with Crippen molar-refractivity contribution >= 4 is 17.6 Å². The number of rotatable bonds is 6. The standard InChI is InChI=1S/C24H44ClN3O2.CH4.2H2O/c1-16(2)22(27-23(30)26-19-9-10-20(29)13-19)14-28-12-11-21(24(3,4)15-28)17-5-7-18(25)8-6-17;;;/h16-22,29H,5-15H2,1-4H3,(H2,26,27,30);1H4;2*1H2/t17?,18?,19-,20+,21?,22-;;;/m0.../s1. The Bertz CT molecular complexity index is 570. The van der Waals surface area contributed by atoms with Gasteiger partial charge in [0, 0.05) is 30.6 Å². The highest BCUT2D eigenvalue weighted by molar-refractivity contribution is 6.20. The van der Waals surface area contributed by atoms with Crippen LogP contribution in [0.3, 0.4) is 0 Å². The predicted molar refractivity (Wildman–Crippen MR) is 138 cm³/mol. The average Bonchev–Trinajstić information content (AvgIpc) is 3.06. The van der Waals surface area contributed by atoms with Gasteiger partial charge in [0.25, 0.3) is 0 Å². The minimum absolute atomic E-state index is 0. The SMILES string of the molecule is C.CC(C)[C@H](CN1CCC(C2CCC(Cl)CC2)C(C)(C)C1)NC(=O)N[C@H]1CC[C@@H](O)C1.O.O. The summed E-state index contributed by atoms with van der Waals surface area (Å²) in [6, 6.07) is 0.153. The van der Waals surface area contributed by atoms with Crippen molar-refractivity contribution in [3.05, 3.63) is 0 Å². The first kappa shape index (κ1) is 32.4. The van der Waals surface area contributed by atoms with Crippen LogP contribution in [0.1, 0.15) is 86.5 Å². The van der Waals surface area contributed by atoms with Crippen LogP contribution in [0.2, 0.25) is 0 Å². The molecule has 7 nitrogen and oxygen atoms in total. The molecule has 2 saturated carbocycles. The van der Waals surface area contributed by atoms with Crippen LogP contribution >= 0.6 is 11.6 Å². The van der Waals surface area contributed by atoms with E-state index in [1.807, 2.05) is 0 Å². The summed E-state index contributed by atoms with van der Waals surface area (Å²) in [5.41, 5.74) is 0.297. The van der Waals surface area contributed by atoms with Crippen molar-refractivity contribution < 1.29 is 20.9 Å². The molecule has 2 amide bonds. The Labute approximate surface area is 207 Å². The van der Waals surface area contributed by atoms with Gasteiger partial charge in [-0.3, -0.25) is 0 Å². The van der Waals surface area contributed by atoms with E-state index in [2.05, 4.69) is 43.2 Å². The zero-order valence-corrected chi connectivity index (χ0v) is 21.3. The number of hydrogen-bond donors (Lipinski definition) is 3. The summed E-state index contributed by atoms with van der Waals surface area (Å²) < 4.78 is 0.